The zero-order chi connectivity index (χ0) is 18.1. The Labute approximate surface area is 159 Å². The Bertz CT molecular complexity index is 855. The fourth-order valence-electron chi connectivity index (χ4n) is 3.78. The average molecular weight is 392 g/mol. The molecule has 0 amide bonds. The van der Waals surface area contributed by atoms with E-state index in [4.69, 9.17) is 4.98 Å². The van der Waals surface area contributed by atoms with Gasteiger partial charge in [-0.1, -0.05) is 19.1 Å². The van der Waals surface area contributed by atoms with E-state index in [1.165, 1.54) is 12.8 Å². The van der Waals surface area contributed by atoms with Crippen molar-refractivity contribution in [3.8, 4) is 11.3 Å². The van der Waals surface area contributed by atoms with Crippen LogP contribution in [-0.4, -0.2) is 43.9 Å². The maximum absolute atomic E-state index is 12.6. The number of piperidine rings is 1. The number of sulfonamides is 1. The van der Waals surface area contributed by atoms with E-state index < -0.39 is 10.0 Å². The number of aromatic nitrogens is 1. The third-order valence-corrected chi connectivity index (χ3v) is 8.09. The van der Waals surface area contributed by atoms with Gasteiger partial charge >= 0.3 is 0 Å². The highest BCUT2D eigenvalue weighted by atomic mass is 32.2. The Morgan fingerprint density at radius 3 is 2.50 bits per heavy atom. The van der Waals surface area contributed by atoms with Gasteiger partial charge in [-0.2, -0.15) is 4.31 Å². The van der Waals surface area contributed by atoms with Gasteiger partial charge in [0.1, 0.15) is 0 Å². The van der Waals surface area contributed by atoms with Crippen molar-refractivity contribution in [2.24, 2.45) is 5.92 Å². The molecular formula is C19H25N3O2S2. The quantitative estimate of drug-likeness (QED) is 0.795. The fourth-order valence-corrected chi connectivity index (χ4v) is 6.17. The summed E-state index contributed by atoms with van der Waals surface area (Å²) in [6.07, 6.45) is 4.42. The van der Waals surface area contributed by atoms with Crippen LogP contribution in [0.5, 0.6) is 0 Å². The summed E-state index contributed by atoms with van der Waals surface area (Å²) >= 11 is 1.67. The molecule has 2 fully saturated rings. The molecule has 5 nitrogen and oxygen atoms in total. The third kappa shape index (κ3) is 3.52. The van der Waals surface area contributed by atoms with Gasteiger partial charge in [-0.25, -0.2) is 13.4 Å². The highest BCUT2D eigenvalue weighted by Crippen LogP contribution is 2.31. The molecule has 2 aliphatic rings. The SMILES string of the molecule is CC1CCCN(c2nc(-c3ccc(S(=O)(=O)N4CCCC4)cc3)cs2)C1. The van der Waals surface area contributed by atoms with Gasteiger partial charge in [0.15, 0.2) is 5.13 Å². The largest absolute Gasteiger partial charge is 0.348 e. The Balaban J connectivity index is 1.52. The number of anilines is 1. The lowest BCUT2D eigenvalue weighted by molar-refractivity contribution is 0.446. The van der Waals surface area contributed by atoms with Crippen LogP contribution >= 0.6 is 11.3 Å². The lowest BCUT2D eigenvalue weighted by atomic mass is 10.0. The number of hydrogen-bond donors (Lipinski definition) is 0. The molecule has 2 aliphatic heterocycles. The maximum atomic E-state index is 12.6. The van der Waals surface area contributed by atoms with E-state index in [0.29, 0.717) is 23.9 Å². The lowest BCUT2D eigenvalue weighted by Crippen LogP contribution is -2.34. The summed E-state index contributed by atoms with van der Waals surface area (Å²) in [5, 5.41) is 3.14. The van der Waals surface area contributed by atoms with Gasteiger partial charge in [0.05, 0.1) is 10.6 Å². The molecule has 0 saturated carbocycles. The molecule has 1 aromatic carbocycles. The molecule has 7 heteroatoms. The van der Waals surface area contributed by atoms with Gasteiger partial charge in [-0.3, -0.25) is 0 Å². The van der Waals surface area contributed by atoms with E-state index in [1.807, 2.05) is 12.1 Å². The van der Waals surface area contributed by atoms with E-state index in [1.54, 1.807) is 27.8 Å². The van der Waals surface area contributed by atoms with Crippen LogP contribution in [0.2, 0.25) is 0 Å². The molecular weight excluding hydrogens is 366 g/mol. The van der Waals surface area contributed by atoms with Gasteiger partial charge in [0.25, 0.3) is 0 Å². The first-order valence-electron chi connectivity index (χ1n) is 9.35. The van der Waals surface area contributed by atoms with Crippen molar-refractivity contribution in [2.75, 3.05) is 31.1 Å². The fraction of sp³-hybridized carbons (Fsp3) is 0.526. The smallest absolute Gasteiger partial charge is 0.243 e. The minimum atomic E-state index is -3.35. The minimum absolute atomic E-state index is 0.378. The predicted molar refractivity (Wildman–Crippen MR) is 106 cm³/mol. The van der Waals surface area contributed by atoms with Crippen LogP contribution < -0.4 is 4.90 Å². The molecule has 0 aliphatic carbocycles. The summed E-state index contributed by atoms with van der Waals surface area (Å²) in [4.78, 5) is 7.54. The number of thiazole rings is 1. The molecule has 0 N–H and O–H groups in total. The van der Waals surface area contributed by atoms with Crippen LogP contribution in [0.4, 0.5) is 5.13 Å². The zero-order valence-corrected chi connectivity index (χ0v) is 16.7. The van der Waals surface area contributed by atoms with Gasteiger partial charge in [-0.15, -0.1) is 11.3 Å². The lowest BCUT2D eigenvalue weighted by Gasteiger charge is -2.30. The van der Waals surface area contributed by atoms with E-state index >= 15 is 0 Å². The number of benzene rings is 1. The predicted octanol–water partition coefficient (Wildman–Crippen LogP) is 3.83. The topological polar surface area (TPSA) is 53.5 Å². The Morgan fingerprint density at radius 1 is 1.08 bits per heavy atom. The van der Waals surface area contributed by atoms with Crippen LogP contribution in [0.1, 0.15) is 32.6 Å². The van der Waals surface area contributed by atoms with Crippen molar-refractivity contribution in [1.29, 1.82) is 0 Å². The first-order chi connectivity index (χ1) is 12.5. The summed E-state index contributed by atoms with van der Waals surface area (Å²) in [5.74, 6) is 0.714. The van der Waals surface area contributed by atoms with Gasteiger partial charge in [0, 0.05) is 37.1 Å². The van der Waals surface area contributed by atoms with E-state index in [9.17, 15) is 8.42 Å². The Hall–Kier alpha value is -1.44. The van der Waals surface area contributed by atoms with Gasteiger partial charge in [-0.05, 0) is 43.7 Å². The molecule has 0 spiro atoms. The van der Waals surface area contributed by atoms with Crippen LogP contribution in [-0.2, 0) is 10.0 Å². The zero-order valence-electron chi connectivity index (χ0n) is 15.1. The second-order valence-electron chi connectivity index (χ2n) is 7.34. The van der Waals surface area contributed by atoms with E-state index in [2.05, 4.69) is 17.2 Å². The van der Waals surface area contributed by atoms with Crippen LogP contribution in [0.25, 0.3) is 11.3 Å². The average Bonchev–Trinajstić information content (AvgIpc) is 3.34. The van der Waals surface area contributed by atoms with Crippen molar-refractivity contribution in [3.05, 3.63) is 29.6 Å². The van der Waals surface area contributed by atoms with Crippen molar-refractivity contribution in [3.63, 3.8) is 0 Å². The van der Waals surface area contributed by atoms with Crippen molar-refractivity contribution >= 4 is 26.5 Å². The second-order valence-corrected chi connectivity index (χ2v) is 10.1. The molecule has 1 atom stereocenters. The van der Waals surface area contributed by atoms with E-state index in [0.717, 1.165) is 42.3 Å². The molecule has 2 aromatic rings. The van der Waals surface area contributed by atoms with Crippen LogP contribution in [0, 0.1) is 5.92 Å². The van der Waals surface area contributed by atoms with Gasteiger partial charge < -0.3 is 4.90 Å². The Kier molecular flexibility index (Phi) is 5.03. The summed E-state index contributed by atoms with van der Waals surface area (Å²) in [5.41, 5.74) is 1.89. The van der Waals surface area contributed by atoms with Crippen LogP contribution in [0.3, 0.4) is 0 Å². The third-order valence-electron chi connectivity index (χ3n) is 5.27. The van der Waals surface area contributed by atoms with Crippen molar-refractivity contribution < 1.29 is 8.42 Å². The molecule has 26 heavy (non-hydrogen) atoms. The summed E-state index contributed by atoms with van der Waals surface area (Å²) < 4.78 is 26.8. The molecule has 0 radical (unpaired) electrons. The minimum Gasteiger partial charge on any atom is -0.348 e. The Morgan fingerprint density at radius 2 is 1.81 bits per heavy atom. The molecule has 0 bridgehead atoms. The van der Waals surface area contributed by atoms with E-state index in [-0.39, 0.29) is 0 Å². The van der Waals surface area contributed by atoms with Crippen molar-refractivity contribution in [2.45, 2.75) is 37.5 Å². The molecule has 2 saturated heterocycles. The standard InChI is InChI=1S/C19H25N3O2S2/c1-15-5-4-10-21(13-15)19-20-18(14-25-19)16-6-8-17(9-7-16)26(23,24)22-11-2-3-12-22/h6-9,14-15H,2-5,10-13H2,1H3. The molecule has 1 unspecified atom stereocenters. The molecule has 140 valence electrons. The molecule has 3 heterocycles. The number of nitrogens with zero attached hydrogens (tertiary/aromatic N) is 3. The number of hydrogen-bond acceptors (Lipinski definition) is 5. The molecule has 4 rings (SSSR count). The molecule has 1 aromatic heterocycles. The number of rotatable bonds is 4. The first-order valence-corrected chi connectivity index (χ1v) is 11.7. The highest BCUT2D eigenvalue weighted by molar-refractivity contribution is 7.89. The normalized spacial score (nSPS) is 22.0. The highest BCUT2D eigenvalue weighted by Gasteiger charge is 2.27. The maximum Gasteiger partial charge on any atom is 0.243 e. The summed E-state index contributed by atoms with van der Waals surface area (Å²) in [6.45, 7) is 5.70. The monoisotopic (exact) mass is 391 g/mol. The van der Waals surface area contributed by atoms with Crippen LogP contribution in [0.15, 0.2) is 34.5 Å². The van der Waals surface area contributed by atoms with Gasteiger partial charge in [0.2, 0.25) is 10.0 Å². The first kappa shape index (κ1) is 17.9. The summed E-state index contributed by atoms with van der Waals surface area (Å²) in [7, 11) is -3.35. The second kappa shape index (κ2) is 7.29. The van der Waals surface area contributed by atoms with Crippen molar-refractivity contribution in [1.82, 2.24) is 9.29 Å². The summed E-state index contributed by atoms with van der Waals surface area (Å²) in [6, 6.07) is 7.18.